The SMILES string of the molecule is O=C1NC(=O)/C(=C/c2ccnc(N3CCC(CNCc4cc(C(F)(F)F)cc(-c5ccc(Oc6ccccc6)cc5)n4)CC3)n2)S1. The van der Waals surface area contributed by atoms with Crippen LogP contribution in [-0.2, 0) is 17.5 Å². The minimum atomic E-state index is -4.51. The lowest BCUT2D eigenvalue weighted by molar-refractivity contribution is -0.137. The molecule has 9 nitrogen and oxygen atoms in total. The molecule has 0 bridgehead atoms. The van der Waals surface area contributed by atoms with Crippen molar-refractivity contribution in [1.82, 2.24) is 25.6 Å². The average Bonchev–Trinajstić information content (AvgIpc) is 3.37. The van der Waals surface area contributed by atoms with E-state index in [4.69, 9.17) is 4.74 Å². The van der Waals surface area contributed by atoms with Crippen molar-refractivity contribution < 1.29 is 27.5 Å². The number of hydrogen-bond acceptors (Lipinski definition) is 9. The van der Waals surface area contributed by atoms with E-state index in [1.54, 1.807) is 42.6 Å². The van der Waals surface area contributed by atoms with Crippen LogP contribution in [0.3, 0.4) is 0 Å². The summed E-state index contributed by atoms with van der Waals surface area (Å²) in [5.74, 6) is 1.64. The van der Waals surface area contributed by atoms with Crippen molar-refractivity contribution in [3.63, 3.8) is 0 Å². The predicted molar refractivity (Wildman–Crippen MR) is 169 cm³/mol. The van der Waals surface area contributed by atoms with Crippen molar-refractivity contribution in [1.29, 1.82) is 0 Å². The zero-order chi connectivity index (χ0) is 32.1. The van der Waals surface area contributed by atoms with Crippen molar-refractivity contribution in [2.45, 2.75) is 25.6 Å². The number of piperidine rings is 1. The molecule has 2 aromatic heterocycles. The Balaban J connectivity index is 1.05. The van der Waals surface area contributed by atoms with Crippen molar-refractivity contribution in [2.24, 2.45) is 5.92 Å². The van der Waals surface area contributed by atoms with Gasteiger partial charge in [0, 0.05) is 31.4 Å². The van der Waals surface area contributed by atoms with Crippen LogP contribution in [0.4, 0.5) is 23.9 Å². The summed E-state index contributed by atoms with van der Waals surface area (Å²) < 4.78 is 47.2. The minimum Gasteiger partial charge on any atom is -0.457 e. The molecule has 0 saturated carbocycles. The third-order valence-corrected chi connectivity index (χ3v) is 8.37. The number of anilines is 1. The maximum absolute atomic E-state index is 13.8. The largest absolute Gasteiger partial charge is 0.457 e. The molecule has 2 aromatic carbocycles. The number of ether oxygens (including phenoxy) is 1. The highest BCUT2D eigenvalue weighted by molar-refractivity contribution is 8.18. The Bertz CT molecular complexity index is 1740. The van der Waals surface area contributed by atoms with Crippen LogP contribution in [0.15, 0.2) is 83.9 Å². The van der Waals surface area contributed by atoms with Gasteiger partial charge in [-0.3, -0.25) is 19.9 Å². The van der Waals surface area contributed by atoms with Crippen LogP contribution in [0, 0.1) is 5.92 Å². The van der Waals surface area contributed by atoms with Crippen LogP contribution in [0.2, 0.25) is 0 Å². The lowest BCUT2D eigenvalue weighted by Crippen LogP contribution is -2.38. The molecule has 2 aliphatic heterocycles. The number of imide groups is 1. The van der Waals surface area contributed by atoms with Crippen molar-refractivity contribution >= 4 is 34.9 Å². The molecule has 0 unspecified atom stereocenters. The fourth-order valence-electron chi connectivity index (χ4n) is 5.20. The average molecular weight is 647 g/mol. The van der Waals surface area contributed by atoms with E-state index in [1.807, 2.05) is 30.3 Å². The molecule has 46 heavy (non-hydrogen) atoms. The summed E-state index contributed by atoms with van der Waals surface area (Å²) in [6, 6.07) is 19.9. The zero-order valence-electron chi connectivity index (χ0n) is 24.5. The van der Waals surface area contributed by atoms with Gasteiger partial charge < -0.3 is 15.0 Å². The summed E-state index contributed by atoms with van der Waals surface area (Å²) in [6.07, 6.45) is 0.353. The van der Waals surface area contributed by atoms with Crippen LogP contribution >= 0.6 is 11.8 Å². The Kier molecular flexibility index (Phi) is 9.31. The van der Waals surface area contributed by atoms with Crippen LogP contribution in [0.25, 0.3) is 17.3 Å². The van der Waals surface area contributed by atoms with E-state index in [1.165, 1.54) is 0 Å². The number of carbonyl (C=O) groups is 2. The first kappa shape index (κ1) is 31.2. The molecular weight excluding hydrogens is 617 g/mol. The number of thioether (sulfide) groups is 1. The fourth-order valence-corrected chi connectivity index (χ4v) is 5.87. The van der Waals surface area contributed by atoms with E-state index in [2.05, 4.69) is 30.5 Å². The fraction of sp³-hybridized carbons (Fsp3) is 0.242. The number of amides is 2. The molecule has 0 atom stereocenters. The number of hydrogen-bond donors (Lipinski definition) is 2. The normalized spacial score (nSPS) is 16.6. The molecule has 2 fully saturated rings. The Morgan fingerprint density at radius 3 is 2.41 bits per heavy atom. The number of halogens is 3. The molecule has 13 heteroatoms. The first-order chi connectivity index (χ1) is 22.2. The standard InChI is InChI=1S/C33H29F3N6O3S/c34-33(35,36)23-16-25(39-28(17-23)22-6-8-27(9-7-22)45-26-4-2-1-3-5-26)20-37-19-21-11-14-42(15-12-21)31-38-13-10-24(40-31)18-29-30(43)41-32(44)46-29/h1-10,13,16-18,21,37H,11-12,14-15,19-20H2,(H,41,43,44)/b29-18-. The molecule has 236 valence electrons. The highest BCUT2D eigenvalue weighted by atomic mass is 32.2. The van der Waals surface area contributed by atoms with Gasteiger partial charge >= 0.3 is 6.18 Å². The third-order valence-electron chi connectivity index (χ3n) is 7.56. The summed E-state index contributed by atoms with van der Waals surface area (Å²) >= 11 is 0.834. The molecule has 6 rings (SSSR count). The third kappa shape index (κ3) is 7.90. The second-order valence-corrected chi connectivity index (χ2v) is 11.9. The van der Waals surface area contributed by atoms with Crippen molar-refractivity contribution in [3.05, 3.63) is 101 Å². The Hall–Kier alpha value is -4.75. The highest BCUT2D eigenvalue weighted by Gasteiger charge is 2.32. The number of carbonyl (C=O) groups excluding carboxylic acids is 2. The topological polar surface area (TPSA) is 109 Å². The van der Waals surface area contributed by atoms with E-state index in [9.17, 15) is 22.8 Å². The van der Waals surface area contributed by atoms with Crippen LogP contribution in [-0.4, -0.2) is 45.7 Å². The van der Waals surface area contributed by atoms with Crippen LogP contribution < -0.4 is 20.3 Å². The molecule has 2 aliphatic rings. The summed E-state index contributed by atoms with van der Waals surface area (Å²) in [5, 5.41) is 5.11. The second kappa shape index (κ2) is 13.7. The van der Waals surface area contributed by atoms with Gasteiger partial charge in [-0.05, 0) is 97.7 Å². The number of benzene rings is 2. The molecular formula is C33H29F3N6O3S. The van der Waals surface area contributed by atoms with E-state index in [0.717, 1.165) is 36.7 Å². The molecule has 4 heterocycles. The Labute approximate surface area is 267 Å². The lowest BCUT2D eigenvalue weighted by atomic mass is 9.97. The highest BCUT2D eigenvalue weighted by Crippen LogP contribution is 2.33. The number of pyridine rings is 1. The number of rotatable bonds is 9. The van der Waals surface area contributed by atoms with Gasteiger partial charge in [0.05, 0.1) is 27.6 Å². The number of nitrogens with zero attached hydrogens (tertiary/aromatic N) is 4. The van der Waals surface area contributed by atoms with Gasteiger partial charge in [-0.25, -0.2) is 9.97 Å². The number of aromatic nitrogens is 3. The zero-order valence-corrected chi connectivity index (χ0v) is 25.3. The lowest BCUT2D eigenvalue weighted by Gasteiger charge is -2.32. The van der Waals surface area contributed by atoms with Gasteiger partial charge in [0.15, 0.2) is 0 Å². The Morgan fingerprint density at radius 2 is 1.72 bits per heavy atom. The summed E-state index contributed by atoms with van der Waals surface area (Å²) in [7, 11) is 0. The van der Waals surface area contributed by atoms with Gasteiger partial charge in [-0.1, -0.05) is 18.2 Å². The quantitative estimate of drug-likeness (QED) is 0.193. The maximum Gasteiger partial charge on any atom is 0.416 e. The second-order valence-electron chi connectivity index (χ2n) is 10.9. The van der Waals surface area contributed by atoms with Gasteiger partial charge in [-0.15, -0.1) is 0 Å². The maximum atomic E-state index is 13.8. The molecule has 4 aromatic rings. The van der Waals surface area contributed by atoms with Crippen molar-refractivity contribution in [2.75, 3.05) is 24.5 Å². The first-order valence-corrected chi connectivity index (χ1v) is 15.5. The van der Waals surface area contributed by atoms with E-state index in [-0.39, 0.29) is 17.1 Å². The van der Waals surface area contributed by atoms with Crippen molar-refractivity contribution in [3.8, 4) is 22.8 Å². The summed E-state index contributed by atoms with van der Waals surface area (Å²) in [4.78, 5) is 39.1. The number of para-hydroxylation sites is 1. The predicted octanol–water partition coefficient (Wildman–Crippen LogP) is 6.68. The smallest absolute Gasteiger partial charge is 0.416 e. The van der Waals surface area contributed by atoms with E-state index in [0.29, 0.717) is 60.0 Å². The summed E-state index contributed by atoms with van der Waals surface area (Å²) in [6.45, 7) is 2.23. The van der Waals surface area contributed by atoms with Gasteiger partial charge in [-0.2, -0.15) is 13.2 Å². The Morgan fingerprint density at radius 1 is 0.978 bits per heavy atom. The van der Waals surface area contributed by atoms with Crippen LogP contribution in [0.5, 0.6) is 11.5 Å². The van der Waals surface area contributed by atoms with Gasteiger partial charge in [0.1, 0.15) is 11.5 Å². The van der Waals surface area contributed by atoms with Crippen LogP contribution in [0.1, 0.15) is 29.8 Å². The molecule has 0 radical (unpaired) electrons. The summed E-state index contributed by atoms with van der Waals surface area (Å²) in [5.41, 5.74) is 0.889. The molecule has 0 aliphatic carbocycles. The number of nitrogens with one attached hydrogen (secondary N) is 2. The van der Waals surface area contributed by atoms with E-state index >= 15 is 0 Å². The molecule has 2 saturated heterocycles. The number of alkyl halides is 3. The molecule has 2 N–H and O–H groups in total. The van der Waals surface area contributed by atoms with E-state index < -0.39 is 22.9 Å². The first-order valence-electron chi connectivity index (χ1n) is 14.6. The van der Waals surface area contributed by atoms with Gasteiger partial charge in [0.25, 0.3) is 11.1 Å². The molecule has 2 amide bonds. The minimum absolute atomic E-state index is 0.195. The molecule has 0 spiro atoms. The van der Waals surface area contributed by atoms with Gasteiger partial charge in [0.2, 0.25) is 5.95 Å². The monoisotopic (exact) mass is 646 g/mol.